The predicted molar refractivity (Wildman–Crippen MR) is 105 cm³/mol. The van der Waals surface area contributed by atoms with Gasteiger partial charge in [-0.1, -0.05) is 42.5 Å². The molecule has 5 aromatic rings. The molecule has 2 aromatic heterocycles. The third-order valence-corrected chi connectivity index (χ3v) is 5.63. The fourth-order valence-corrected chi connectivity index (χ4v) is 4.53. The molecule has 3 aromatic carbocycles. The van der Waals surface area contributed by atoms with Gasteiger partial charge in [-0.2, -0.15) is 0 Å². The van der Waals surface area contributed by atoms with E-state index in [0.717, 1.165) is 21.0 Å². The van der Waals surface area contributed by atoms with E-state index in [-0.39, 0.29) is 11.3 Å². The zero-order valence-corrected chi connectivity index (χ0v) is 14.0. The first kappa shape index (κ1) is 14.3. The van der Waals surface area contributed by atoms with E-state index in [9.17, 15) is 4.79 Å². The number of para-hydroxylation sites is 1. The molecule has 0 aliphatic heterocycles. The first-order valence-corrected chi connectivity index (χ1v) is 8.77. The molecular weight excluding hydrogens is 330 g/mol. The number of thiophene rings is 1. The lowest BCUT2D eigenvalue weighted by Gasteiger charge is -2.08. The summed E-state index contributed by atoms with van der Waals surface area (Å²) in [5.41, 5.74) is 7.84. The van der Waals surface area contributed by atoms with Crippen LogP contribution in [0.3, 0.4) is 0 Å². The van der Waals surface area contributed by atoms with Crippen LogP contribution in [0.5, 0.6) is 0 Å². The molecule has 2 heterocycles. The van der Waals surface area contributed by atoms with E-state index in [1.54, 1.807) is 23.5 Å². The Hall–Kier alpha value is -3.11. The summed E-state index contributed by atoms with van der Waals surface area (Å²) < 4.78 is 8.07. The van der Waals surface area contributed by atoms with Crippen molar-refractivity contribution >= 4 is 48.4 Å². The lowest BCUT2D eigenvalue weighted by molar-refractivity contribution is 0.627. The maximum atomic E-state index is 13.1. The van der Waals surface area contributed by atoms with E-state index in [2.05, 4.69) is 18.2 Å². The first-order chi connectivity index (χ1) is 12.2. The van der Waals surface area contributed by atoms with Gasteiger partial charge in [0.05, 0.1) is 10.9 Å². The summed E-state index contributed by atoms with van der Waals surface area (Å²) in [6.45, 7) is 0. The fourth-order valence-electron chi connectivity index (χ4n) is 3.40. The van der Waals surface area contributed by atoms with Crippen LogP contribution in [0.4, 0.5) is 5.88 Å². The zero-order valence-electron chi connectivity index (χ0n) is 13.2. The lowest BCUT2D eigenvalue weighted by Crippen LogP contribution is -2.08. The highest BCUT2D eigenvalue weighted by Crippen LogP contribution is 2.40. The molecule has 0 aliphatic rings. The van der Waals surface area contributed by atoms with Crippen LogP contribution in [0.15, 0.2) is 75.9 Å². The molecule has 120 valence electrons. The minimum absolute atomic E-state index is 0.0952. The third kappa shape index (κ3) is 2.01. The molecule has 0 amide bonds. The van der Waals surface area contributed by atoms with Gasteiger partial charge in [-0.3, -0.25) is 4.79 Å². The summed E-state index contributed by atoms with van der Waals surface area (Å²) in [7, 11) is 0. The van der Waals surface area contributed by atoms with Crippen molar-refractivity contribution in [1.82, 2.24) is 0 Å². The monoisotopic (exact) mass is 343 g/mol. The van der Waals surface area contributed by atoms with Crippen LogP contribution >= 0.6 is 11.3 Å². The SMILES string of the molecule is Nc1oc2ccccc2c(=O)c1-c1cccc2sc3ccccc3c12. The Morgan fingerprint density at radius 1 is 0.800 bits per heavy atom. The van der Waals surface area contributed by atoms with E-state index >= 15 is 0 Å². The first-order valence-electron chi connectivity index (χ1n) is 7.96. The molecule has 2 N–H and O–H groups in total. The highest BCUT2D eigenvalue weighted by atomic mass is 32.1. The molecule has 0 bridgehead atoms. The summed E-state index contributed by atoms with van der Waals surface area (Å²) in [5.74, 6) is 0.159. The number of fused-ring (bicyclic) bond motifs is 4. The normalized spacial score (nSPS) is 11.5. The Kier molecular flexibility index (Phi) is 2.96. The van der Waals surface area contributed by atoms with Crippen molar-refractivity contribution in [2.75, 3.05) is 5.73 Å². The summed E-state index contributed by atoms with van der Waals surface area (Å²) in [4.78, 5) is 13.1. The molecular formula is C21H13NO2S. The van der Waals surface area contributed by atoms with E-state index in [0.29, 0.717) is 16.5 Å². The molecule has 0 saturated heterocycles. The molecule has 0 atom stereocenters. The predicted octanol–water partition coefficient (Wildman–Crippen LogP) is 5.41. The van der Waals surface area contributed by atoms with Crippen molar-refractivity contribution in [3.63, 3.8) is 0 Å². The van der Waals surface area contributed by atoms with Crippen molar-refractivity contribution in [3.8, 4) is 11.1 Å². The summed E-state index contributed by atoms with van der Waals surface area (Å²) in [5, 5.41) is 2.73. The number of benzene rings is 3. The van der Waals surface area contributed by atoms with Crippen LogP contribution in [-0.2, 0) is 0 Å². The fraction of sp³-hybridized carbons (Fsp3) is 0. The Morgan fingerprint density at radius 2 is 1.52 bits per heavy atom. The molecule has 4 heteroatoms. The molecule has 0 radical (unpaired) electrons. The van der Waals surface area contributed by atoms with E-state index in [1.165, 1.54) is 4.70 Å². The Labute approximate surface area is 146 Å². The van der Waals surface area contributed by atoms with Gasteiger partial charge in [-0.15, -0.1) is 11.3 Å². The number of nitrogens with two attached hydrogens (primary N) is 1. The molecule has 0 saturated carbocycles. The number of hydrogen-bond acceptors (Lipinski definition) is 4. The summed E-state index contributed by atoms with van der Waals surface area (Å²) in [6.07, 6.45) is 0. The van der Waals surface area contributed by atoms with Gasteiger partial charge in [0.25, 0.3) is 0 Å². The Balaban J connectivity index is 1.97. The van der Waals surface area contributed by atoms with Gasteiger partial charge in [0.2, 0.25) is 11.3 Å². The van der Waals surface area contributed by atoms with Crippen LogP contribution in [-0.4, -0.2) is 0 Å². The van der Waals surface area contributed by atoms with Crippen molar-refractivity contribution < 1.29 is 4.42 Å². The molecule has 0 fully saturated rings. The van der Waals surface area contributed by atoms with Crippen LogP contribution in [0.2, 0.25) is 0 Å². The lowest BCUT2D eigenvalue weighted by atomic mass is 9.99. The molecule has 5 rings (SSSR count). The van der Waals surface area contributed by atoms with Gasteiger partial charge in [-0.05, 0) is 24.3 Å². The average Bonchev–Trinajstić information content (AvgIpc) is 3.01. The molecule has 0 spiro atoms. The van der Waals surface area contributed by atoms with Crippen LogP contribution < -0.4 is 11.2 Å². The molecule has 0 unspecified atom stereocenters. The third-order valence-electron chi connectivity index (χ3n) is 4.50. The summed E-state index contributed by atoms with van der Waals surface area (Å²) >= 11 is 1.71. The maximum Gasteiger partial charge on any atom is 0.202 e. The Morgan fingerprint density at radius 3 is 2.40 bits per heavy atom. The van der Waals surface area contributed by atoms with E-state index in [1.807, 2.05) is 36.4 Å². The number of rotatable bonds is 1. The minimum atomic E-state index is -0.0952. The van der Waals surface area contributed by atoms with E-state index in [4.69, 9.17) is 10.2 Å². The standard InChI is InChI=1S/C21H13NO2S/c22-21-19(20(23)12-6-1-3-9-15(12)24-21)14-8-5-11-17-18(14)13-7-2-4-10-16(13)25-17/h1-11H,22H2. The smallest absolute Gasteiger partial charge is 0.202 e. The summed E-state index contributed by atoms with van der Waals surface area (Å²) in [6, 6.07) is 21.4. The van der Waals surface area contributed by atoms with Gasteiger partial charge in [-0.25, -0.2) is 0 Å². The van der Waals surface area contributed by atoms with Gasteiger partial charge in [0, 0.05) is 25.7 Å². The highest BCUT2D eigenvalue weighted by molar-refractivity contribution is 7.25. The highest BCUT2D eigenvalue weighted by Gasteiger charge is 2.18. The quantitative estimate of drug-likeness (QED) is 0.443. The van der Waals surface area contributed by atoms with Crippen molar-refractivity contribution in [2.24, 2.45) is 0 Å². The largest absolute Gasteiger partial charge is 0.440 e. The van der Waals surface area contributed by atoms with Crippen molar-refractivity contribution in [2.45, 2.75) is 0 Å². The van der Waals surface area contributed by atoms with Crippen molar-refractivity contribution in [3.05, 3.63) is 77.0 Å². The minimum Gasteiger partial charge on any atom is -0.440 e. The average molecular weight is 343 g/mol. The second-order valence-corrected chi connectivity index (χ2v) is 7.03. The maximum absolute atomic E-state index is 13.1. The van der Waals surface area contributed by atoms with Gasteiger partial charge >= 0.3 is 0 Å². The van der Waals surface area contributed by atoms with Gasteiger partial charge < -0.3 is 10.2 Å². The van der Waals surface area contributed by atoms with Gasteiger partial charge in [0.15, 0.2) is 0 Å². The molecule has 25 heavy (non-hydrogen) atoms. The second kappa shape index (κ2) is 5.19. The topological polar surface area (TPSA) is 56.2 Å². The number of hydrogen-bond donors (Lipinski definition) is 1. The zero-order chi connectivity index (χ0) is 17.0. The number of anilines is 1. The van der Waals surface area contributed by atoms with Crippen molar-refractivity contribution in [1.29, 1.82) is 0 Å². The van der Waals surface area contributed by atoms with Crippen LogP contribution in [0.1, 0.15) is 0 Å². The van der Waals surface area contributed by atoms with Crippen LogP contribution in [0.25, 0.3) is 42.3 Å². The number of nitrogen functional groups attached to an aromatic ring is 1. The molecule has 3 nitrogen and oxygen atoms in total. The molecule has 0 aliphatic carbocycles. The van der Waals surface area contributed by atoms with Crippen LogP contribution in [0, 0.1) is 0 Å². The second-order valence-electron chi connectivity index (χ2n) is 5.94. The van der Waals surface area contributed by atoms with Gasteiger partial charge in [0.1, 0.15) is 5.58 Å². The van der Waals surface area contributed by atoms with E-state index < -0.39 is 0 Å². The Bertz CT molecular complexity index is 1330.